The zero-order valence-corrected chi connectivity index (χ0v) is 10.9. The van der Waals surface area contributed by atoms with Gasteiger partial charge in [0.2, 0.25) is 0 Å². The lowest BCUT2D eigenvalue weighted by molar-refractivity contribution is 0.123. The van der Waals surface area contributed by atoms with E-state index in [1.807, 2.05) is 14.1 Å². The zero-order valence-electron chi connectivity index (χ0n) is 10.9. The highest BCUT2D eigenvalue weighted by Crippen LogP contribution is 2.26. The summed E-state index contributed by atoms with van der Waals surface area (Å²) in [5.41, 5.74) is 0. The summed E-state index contributed by atoms with van der Waals surface area (Å²) < 4.78 is 0. The second-order valence-electron chi connectivity index (χ2n) is 4.96. The van der Waals surface area contributed by atoms with E-state index in [1.165, 1.54) is 4.90 Å². The Labute approximate surface area is 104 Å². The summed E-state index contributed by atoms with van der Waals surface area (Å²) in [6.07, 6.45) is 3.08. The van der Waals surface area contributed by atoms with Crippen LogP contribution in [0.15, 0.2) is 0 Å². The third kappa shape index (κ3) is 4.66. The van der Waals surface area contributed by atoms with Gasteiger partial charge >= 0.3 is 6.09 Å². The van der Waals surface area contributed by atoms with Crippen molar-refractivity contribution in [2.75, 3.05) is 27.7 Å². The first kappa shape index (κ1) is 13.9. The van der Waals surface area contributed by atoms with Crippen LogP contribution in [0, 0.1) is 17.8 Å². The molecule has 0 aromatic rings. The van der Waals surface area contributed by atoms with Crippen molar-refractivity contribution in [2.24, 2.45) is 5.92 Å². The summed E-state index contributed by atoms with van der Waals surface area (Å²) in [5, 5.41) is 8.90. The molecule has 1 amide bonds. The molecule has 0 aliphatic heterocycles. The van der Waals surface area contributed by atoms with Gasteiger partial charge in [-0.2, -0.15) is 0 Å². The molecule has 0 atom stereocenters. The summed E-state index contributed by atoms with van der Waals surface area (Å²) in [4.78, 5) is 14.3. The molecule has 1 saturated carbocycles. The van der Waals surface area contributed by atoms with Crippen LogP contribution in [0.5, 0.6) is 0 Å². The normalized spacial score (nSPS) is 24.0. The van der Waals surface area contributed by atoms with E-state index in [4.69, 9.17) is 5.11 Å². The molecule has 0 spiro atoms. The zero-order chi connectivity index (χ0) is 12.8. The minimum Gasteiger partial charge on any atom is -0.465 e. The maximum Gasteiger partial charge on any atom is 0.407 e. The van der Waals surface area contributed by atoms with Crippen LogP contribution in [0.4, 0.5) is 4.79 Å². The Kier molecular flexibility index (Phi) is 5.30. The molecule has 4 heteroatoms. The molecule has 0 saturated heterocycles. The average molecular weight is 238 g/mol. The summed E-state index contributed by atoms with van der Waals surface area (Å²) >= 11 is 0. The number of amides is 1. The van der Waals surface area contributed by atoms with Crippen LogP contribution in [-0.2, 0) is 0 Å². The van der Waals surface area contributed by atoms with Gasteiger partial charge in [0.05, 0.1) is 6.54 Å². The van der Waals surface area contributed by atoms with Gasteiger partial charge in [-0.1, -0.05) is 11.8 Å². The number of hydrogen-bond acceptors (Lipinski definition) is 2. The Balaban J connectivity index is 2.35. The van der Waals surface area contributed by atoms with E-state index < -0.39 is 6.09 Å². The van der Waals surface area contributed by atoms with Gasteiger partial charge in [0.15, 0.2) is 0 Å². The molecule has 0 aromatic carbocycles. The highest BCUT2D eigenvalue weighted by atomic mass is 16.4. The van der Waals surface area contributed by atoms with E-state index in [0.29, 0.717) is 5.92 Å². The average Bonchev–Trinajstić information content (AvgIpc) is 2.28. The predicted octanol–water partition coefficient (Wildman–Crippen LogP) is 1.72. The first-order valence-corrected chi connectivity index (χ1v) is 6.09. The van der Waals surface area contributed by atoms with Gasteiger partial charge in [-0.3, -0.25) is 4.90 Å². The van der Waals surface area contributed by atoms with Gasteiger partial charge in [0, 0.05) is 19.0 Å². The van der Waals surface area contributed by atoms with Crippen LogP contribution in [-0.4, -0.2) is 54.7 Å². The topological polar surface area (TPSA) is 43.8 Å². The number of nitrogens with zero attached hydrogens (tertiary/aromatic N) is 2. The number of carbonyl (C=O) groups is 1. The second kappa shape index (κ2) is 6.51. The molecule has 1 N–H and O–H groups in total. The molecule has 0 bridgehead atoms. The van der Waals surface area contributed by atoms with Gasteiger partial charge in [-0.05, 0) is 39.8 Å². The molecule has 4 nitrogen and oxygen atoms in total. The van der Waals surface area contributed by atoms with Gasteiger partial charge in [0.1, 0.15) is 0 Å². The van der Waals surface area contributed by atoms with Crippen LogP contribution >= 0.6 is 0 Å². The molecule has 1 aliphatic rings. The van der Waals surface area contributed by atoms with Crippen molar-refractivity contribution in [3.05, 3.63) is 0 Å². The van der Waals surface area contributed by atoms with Crippen molar-refractivity contribution < 1.29 is 9.90 Å². The van der Waals surface area contributed by atoms with Crippen molar-refractivity contribution in [1.29, 1.82) is 0 Å². The first-order chi connectivity index (χ1) is 8.00. The van der Waals surface area contributed by atoms with E-state index in [-0.39, 0.29) is 6.04 Å². The molecule has 1 fully saturated rings. The third-order valence-electron chi connectivity index (χ3n) is 3.25. The number of rotatable bonds is 2. The maximum absolute atomic E-state index is 10.8. The van der Waals surface area contributed by atoms with Crippen LogP contribution in [0.1, 0.15) is 25.7 Å². The van der Waals surface area contributed by atoms with Crippen molar-refractivity contribution in [2.45, 2.75) is 31.7 Å². The van der Waals surface area contributed by atoms with Crippen LogP contribution < -0.4 is 0 Å². The Morgan fingerprint density at radius 1 is 1.24 bits per heavy atom. The highest BCUT2D eigenvalue weighted by Gasteiger charge is 2.25. The summed E-state index contributed by atoms with van der Waals surface area (Å²) in [7, 11) is 5.67. The van der Waals surface area contributed by atoms with Gasteiger partial charge < -0.3 is 10.0 Å². The van der Waals surface area contributed by atoms with Crippen molar-refractivity contribution in [3.63, 3.8) is 0 Å². The molecule has 0 heterocycles. The summed E-state index contributed by atoms with van der Waals surface area (Å²) in [6, 6.07) is 0.180. The molecular weight excluding hydrogens is 216 g/mol. The maximum atomic E-state index is 10.8. The van der Waals surface area contributed by atoms with E-state index in [9.17, 15) is 4.79 Å². The fourth-order valence-electron chi connectivity index (χ4n) is 2.11. The molecular formula is C13H22N2O2. The quantitative estimate of drug-likeness (QED) is 0.745. The Morgan fingerprint density at radius 2 is 1.82 bits per heavy atom. The molecule has 0 unspecified atom stereocenters. The van der Waals surface area contributed by atoms with Gasteiger partial charge in [0.25, 0.3) is 0 Å². The highest BCUT2D eigenvalue weighted by molar-refractivity contribution is 5.64. The lowest BCUT2D eigenvalue weighted by atomic mass is 9.86. The van der Waals surface area contributed by atoms with Gasteiger partial charge in [-0.15, -0.1) is 0 Å². The molecule has 1 rings (SSSR count). The third-order valence-corrected chi connectivity index (χ3v) is 3.25. The molecule has 0 radical (unpaired) electrons. The van der Waals surface area contributed by atoms with Crippen LogP contribution in [0.3, 0.4) is 0 Å². The minimum absolute atomic E-state index is 0.180. The predicted molar refractivity (Wildman–Crippen MR) is 67.9 cm³/mol. The first-order valence-electron chi connectivity index (χ1n) is 6.09. The molecule has 1 aliphatic carbocycles. The SMILES string of the molecule is CN(C)CC#CC1CCC(N(C)C(=O)O)CC1. The van der Waals surface area contributed by atoms with Crippen molar-refractivity contribution in [1.82, 2.24) is 9.80 Å². The lowest BCUT2D eigenvalue weighted by Crippen LogP contribution is -2.38. The summed E-state index contributed by atoms with van der Waals surface area (Å²) in [5.74, 6) is 6.90. The van der Waals surface area contributed by atoms with Crippen molar-refractivity contribution in [3.8, 4) is 11.8 Å². The smallest absolute Gasteiger partial charge is 0.407 e. The molecule has 0 aromatic heterocycles. The van der Waals surface area contributed by atoms with Crippen LogP contribution in [0.25, 0.3) is 0 Å². The molecule has 96 valence electrons. The largest absolute Gasteiger partial charge is 0.465 e. The van der Waals surface area contributed by atoms with E-state index >= 15 is 0 Å². The lowest BCUT2D eigenvalue weighted by Gasteiger charge is -2.31. The minimum atomic E-state index is -0.827. The molecule has 17 heavy (non-hydrogen) atoms. The number of carboxylic acid groups (broad SMARTS) is 1. The standard InChI is InChI=1S/C13H22N2O2/c1-14(2)10-4-5-11-6-8-12(9-7-11)15(3)13(16)17/h11-12H,6-10H2,1-3H3,(H,16,17). The Hall–Kier alpha value is -1.21. The Morgan fingerprint density at radius 3 is 2.29 bits per heavy atom. The van der Waals surface area contributed by atoms with Crippen LogP contribution in [0.2, 0.25) is 0 Å². The van der Waals surface area contributed by atoms with E-state index in [0.717, 1.165) is 32.2 Å². The monoisotopic (exact) mass is 238 g/mol. The number of hydrogen-bond donors (Lipinski definition) is 1. The van der Waals surface area contributed by atoms with E-state index in [1.54, 1.807) is 7.05 Å². The van der Waals surface area contributed by atoms with Gasteiger partial charge in [-0.25, -0.2) is 4.79 Å². The van der Waals surface area contributed by atoms with Crippen molar-refractivity contribution >= 4 is 6.09 Å². The second-order valence-corrected chi connectivity index (χ2v) is 4.96. The summed E-state index contributed by atoms with van der Waals surface area (Å²) in [6.45, 7) is 0.801. The Bertz CT molecular complexity index is 309. The fraction of sp³-hybridized carbons (Fsp3) is 0.769. The van der Waals surface area contributed by atoms with E-state index in [2.05, 4.69) is 16.7 Å². The fourth-order valence-corrected chi connectivity index (χ4v) is 2.11.